The zero-order valence-electron chi connectivity index (χ0n) is 12.9. The molecule has 0 spiro atoms. The number of aromatic nitrogens is 3. The molecule has 0 bridgehead atoms. The Labute approximate surface area is 133 Å². The lowest BCUT2D eigenvalue weighted by atomic mass is 9.96. The van der Waals surface area contributed by atoms with Crippen LogP contribution in [-0.4, -0.2) is 20.3 Å². The van der Waals surface area contributed by atoms with E-state index in [4.69, 9.17) is 0 Å². The molecule has 0 unspecified atom stereocenters. The number of benzene rings is 1. The van der Waals surface area contributed by atoms with Gasteiger partial charge in [0.1, 0.15) is 6.04 Å². The molecule has 0 aliphatic carbocycles. The van der Waals surface area contributed by atoms with E-state index in [0.717, 1.165) is 33.9 Å². The maximum atomic E-state index is 12.3. The van der Waals surface area contributed by atoms with Crippen LogP contribution in [0.5, 0.6) is 0 Å². The van der Waals surface area contributed by atoms with Crippen molar-refractivity contribution >= 4 is 22.8 Å². The van der Waals surface area contributed by atoms with Gasteiger partial charge in [-0.2, -0.15) is 0 Å². The highest BCUT2D eigenvalue weighted by Gasteiger charge is 2.32. The highest BCUT2D eigenvalue weighted by molar-refractivity contribution is 5.97. The highest BCUT2D eigenvalue weighted by Crippen LogP contribution is 2.38. The Bertz CT molecular complexity index is 940. The van der Waals surface area contributed by atoms with Crippen molar-refractivity contribution in [1.82, 2.24) is 14.5 Å². The first-order valence-corrected chi connectivity index (χ1v) is 7.53. The number of ketones is 1. The van der Waals surface area contributed by atoms with Crippen molar-refractivity contribution in [2.45, 2.75) is 19.9 Å². The number of anilines is 1. The molecular formula is C18H16N4O. The second kappa shape index (κ2) is 5.05. The van der Waals surface area contributed by atoms with Crippen LogP contribution in [0.15, 0.2) is 59.9 Å². The predicted octanol–water partition coefficient (Wildman–Crippen LogP) is 3.31. The number of hydrogen-bond acceptors (Lipinski definition) is 4. The molecule has 23 heavy (non-hydrogen) atoms. The molecule has 0 saturated heterocycles. The summed E-state index contributed by atoms with van der Waals surface area (Å²) in [5.41, 5.74) is 4.27. The van der Waals surface area contributed by atoms with Gasteiger partial charge in [-0.25, -0.2) is 4.98 Å². The number of imidazole rings is 1. The second-order valence-electron chi connectivity index (χ2n) is 5.67. The van der Waals surface area contributed by atoms with Crippen LogP contribution in [0.2, 0.25) is 0 Å². The number of Topliss-reactive ketones (excluding diaryl/α,β-unsaturated/α-hetero) is 1. The molecule has 1 aliphatic heterocycles. The SMILES string of the molecule is CC(=O)C1=C(C)Nc2nc3ccccc3n2[C@H]1c1ccccn1. The standard InChI is InChI=1S/C18H16N4O/c1-11-16(12(2)23)17(14-8-5-6-10-19-14)22-15-9-4-3-7-13(15)21-18(22)20-11/h3-10,17H,1-2H3,(H,20,21)/t17-/m0/s1. The minimum atomic E-state index is -0.266. The summed E-state index contributed by atoms with van der Waals surface area (Å²) < 4.78 is 2.06. The van der Waals surface area contributed by atoms with Crippen LogP contribution in [0.25, 0.3) is 11.0 Å². The molecule has 0 amide bonds. The Morgan fingerprint density at radius 3 is 2.70 bits per heavy atom. The van der Waals surface area contributed by atoms with Gasteiger partial charge in [-0.3, -0.25) is 14.3 Å². The van der Waals surface area contributed by atoms with Gasteiger partial charge in [0.15, 0.2) is 5.78 Å². The summed E-state index contributed by atoms with van der Waals surface area (Å²) in [4.78, 5) is 21.4. The van der Waals surface area contributed by atoms with Crippen LogP contribution in [-0.2, 0) is 4.79 Å². The van der Waals surface area contributed by atoms with Gasteiger partial charge in [-0.05, 0) is 38.1 Å². The first kappa shape index (κ1) is 13.7. The van der Waals surface area contributed by atoms with Gasteiger partial charge in [0.2, 0.25) is 5.95 Å². The fourth-order valence-electron chi connectivity index (χ4n) is 3.24. The number of allylic oxidation sites excluding steroid dienone is 2. The van der Waals surface area contributed by atoms with Crippen molar-refractivity contribution in [3.63, 3.8) is 0 Å². The number of pyridine rings is 1. The molecule has 114 valence electrons. The topological polar surface area (TPSA) is 59.8 Å². The minimum Gasteiger partial charge on any atom is -0.329 e. The van der Waals surface area contributed by atoms with Crippen LogP contribution in [0.3, 0.4) is 0 Å². The Morgan fingerprint density at radius 2 is 1.96 bits per heavy atom. The van der Waals surface area contributed by atoms with Crippen LogP contribution in [0.4, 0.5) is 5.95 Å². The summed E-state index contributed by atoms with van der Waals surface area (Å²) in [6, 6.07) is 13.4. The van der Waals surface area contributed by atoms with Gasteiger partial charge >= 0.3 is 0 Å². The van der Waals surface area contributed by atoms with Gasteiger partial charge in [-0.1, -0.05) is 18.2 Å². The van der Waals surface area contributed by atoms with E-state index in [-0.39, 0.29) is 11.8 Å². The lowest BCUT2D eigenvalue weighted by molar-refractivity contribution is -0.114. The molecule has 1 aromatic carbocycles. The Hall–Kier alpha value is -2.95. The van der Waals surface area contributed by atoms with Gasteiger partial charge in [0.05, 0.1) is 16.7 Å². The molecule has 3 aromatic rings. The average Bonchev–Trinajstić information content (AvgIpc) is 2.91. The fraction of sp³-hybridized carbons (Fsp3) is 0.167. The summed E-state index contributed by atoms with van der Waals surface area (Å²) in [6.45, 7) is 3.51. The number of carbonyl (C=O) groups excluding carboxylic acids is 1. The molecule has 4 rings (SSSR count). The van der Waals surface area contributed by atoms with Crippen molar-refractivity contribution in [1.29, 1.82) is 0 Å². The number of carbonyl (C=O) groups is 1. The molecular weight excluding hydrogens is 288 g/mol. The first-order valence-electron chi connectivity index (χ1n) is 7.53. The Morgan fingerprint density at radius 1 is 1.17 bits per heavy atom. The number of rotatable bonds is 2. The van der Waals surface area contributed by atoms with E-state index in [1.165, 1.54) is 0 Å². The zero-order chi connectivity index (χ0) is 16.0. The molecule has 5 nitrogen and oxygen atoms in total. The number of hydrogen-bond donors (Lipinski definition) is 1. The average molecular weight is 304 g/mol. The second-order valence-corrected chi connectivity index (χ2v) is 5.67. The van der Waals surface area contributed by atoms with E-state index >= 15 is 0 Å². The monoisotopic (exact) mass is 304 g/mol. The third kappa shape index (κ3) is 2.04. The van der Waals surface area contributed by atoms with Crippen molar-refractivity contribution in [2.24, 2.45) is 0 Å². The van der Waals surface area contributed by atoms with Gasteiger partial charge in [-0.15, -0.1) is 0 Å². The van der Waals surface area contributed by atoms with E-state index in [0.29, 0.717) is 0 Å². The predicted molar refractivity (Wildman–Crippen MR) is 89.1 cm³/mol. The highest BCUT2D eigenvalue weighted by atomic mass is 16.1. The third-order valence-electron chi connectivity index (χ3n) is 4.18. The molecule has 1 atom stereocenters. The quantitative estimate of drug-likeness (QED) is 0.789. The van der Waals surface area contributed by atoms with Crippen LogP contribution < -0.4 is 5.32 Å². The third-order valence-corrected chi connectivity index (χ3v) is 4.18. The van der Waals surface area contributed by atoms with Crippen molar-refractivity contribution in [2.75, 3.05) is 5.32 Å². The maximum absolute atomic E-state index is 12.3. The van der Waals surface area contributed by atoms with E-state index < -0.39 is 0 Å². The summed E-state index contributed by atoms with van der Waals surface area (Å²) in [5.74, 6) is 0.776. The number of fused-ring (bicyclic) bond motifs is 3. The van der Waals surface area contributed by atoms with E-state index in [1.54, 1.807) is 13.1 Å². The van der Waals surface area contributed by atoms with E-state index in [9.17, 15) is 4.79 Å². The van der Waals surface area contributed by atoms with Crippen LogP contribution >= 0.6 is 0 Å². The summed E-state index contributed by atoms with van der Waals surface area (Å²) in [5, 5.41) is 3.26. The normalized spacial score (nSPS) is 17.0. The van der Waals surface area contributed by atoms with Gasteiger partial charge < -0.3 is 5.32 Å². The van der Waals surface area contributed by atoms with E-state index in [2.05, 4.69) is 19.9 Å². The molecule has 0 fully saturated rings. The lowest BCUT2D eigenvalue weighted by Gasteiger charge is -2.29. The zero-order valence-corrected chi connectivity index (χ0v) is 12.9. The number of nitrogens with zero attached hydrogens (tertiary/aromatic N) is 3. The molecule has 1 aliphatic rings. The minimum absolute atomic E-state index is 0.0362. The van der Waals surface area contributed by atoms with Crippen molar-refractivity contribution < 1.29 is 4.79 Å². The molecule has 2 aromatic heterocycles. The van der Waals surface area contributed by atoms with Crippen molar-refractivity contribution in [3.8, 4) is 0 Å². The fourth-order valence-corrected chi connectivity index (χ4v) is 3.24. The summed E-state index contributed by atoms with van der Waals surface area (Å²) >= 11 is 0. The number of para-hydroxylation sites is 2. The molecule has 1 N–H and O–H groups in total. The largest absolute Gasteiger partial charge is 0.329 e. The summed E-state index contributed by atoms with van der Waals surface area (Å²) in [6.07, 6.45) is 1.75. The Balaban J connectivity index is 2.05. The first-order chi connectivity index (χ1) is 11.2. The number of nitrogens with one attached hydrogen (secondary N) is 1. The summed E-state index contributed by atoms with van der Waals surface area (Å²) in [7, 11) is 0. The lowest BCUT2D eigenvalue weighted by Crippen LogP contribution is -2.27. The van der Waals surface area contributed by atoms with Crippen LogP contribution in [0.1, 0.15) is 25.6 Å². The van der Waals surface area contributed by atoms with Gasteiger partial charge in [0.25, 0.3) is 0 Å². The van der Waals surface area contributed by atoms with Gasteiger partial charge in [0, 0.05) is 17.5 Å². The maximum Gasteiger partial charge on any atom is 0.209 e. The molecule has 0 radical (unpaired) electrons. The van der Waals surface area contributed by atoms with E-state index in [1.807, 2.05) is 49.4 Å². The van der Waals surface area contributed by atoms with Crippen LogP contribution in [0, 0.1) is 0 Å². The smallest absolute Gasteiger partial charge is 0.209 e. The molecule has 5 heteroatoms. The molecule has 0 saturated carbocycles. The van der Waals surface area contributed by atoms with Crippen molar-refractivity contribution in [3.05, 3.63) is 65.6 Å². The molecule has 3 heterocycles. The Kier molecular flexibility index (Phi) is 3.01.